The van der Waals surface area contributed by atoms with Gasteiger partial charge in [-0.25, -0.2) is 4.98 Å². The zero-order valence-electron chi connectivity index (χ0n) is 17.7. The molecule has 0 spiro atoms. The van der Waals surface area contributed by atoms with Gasteiger partial charge in [-0.3, -0.25) is 14.2 Å². The van der Waals surface area contributed by atoms with Gasteiger partial charge in [0.1, 0.15) is 0 Å². The summed E-state index contributed by atoms with van der Waals surface area (Å²) in [6.07, 6.45) is 1.55. The molecule has 0 bridgehead atoms. The smallest absolute Gasteiger partial charge is 0.268 e. The minimum atomic E-state index is -0.101. The molecule has 1 aliphatic heterocycles. The number of carbonyl (C=O) groups excluding carboxylic acids is 1. The second kappa shape index (κ2) is 9.75. The summed E-state index contributed by atoms with van der Waals surface area (Å²) in [7, 11) is 0. The van der Waals surface area contributed by atoms with E-state index in [1.165, 1.54) is 17.3 Å². The molecule has 0 atom stereocenters. The van der Waals surface area contributed by atoms with Gasteiger partial charge in [-0.15, -0.1) is 11.8 Å². The van der Waals surface area contributed by atoms with E-state index in [-0.39, 0.29) is 17.2 Å². The van der Waals surface area contributed by atoms with Crippen molar-refractivity contribution in [3.63, 3.8) is 0 Å². The molecule has 0 saturated carbocycles. The number of carbonyl (C=O) groups is 1. The van der Waals surface area contributed by atoms with Gasteiger partial charge in [0.05, 0.1) is 16.3 Å². The Labute approximate surface area is 190 Å². The largest absolute Gasteiger partial charge is 0.325 e. The molecule has 7 heteroatoms. The number of thioether (sulfide) groups is 2. The van der Waals surface area contributed by atoms with Crippen LogP contribution >= 0.6 is 23.5 Å². The molecule has 3 aromatic rings. The summed E-state index contributed by atoms with van der Waals surface area (Å²) in [4.78, 5) is 31.2. The van der Waals surface area contributed by atoms with Crippen LogP contribution < -0.4 is 10.9 Å². The van der Waals surface area contributed by atoms with Crippen molar-refractivity contribution in [1.82, 2.24) is 9.55 Å². The first-order valence-electron chi connectivity index (χ1n) is 10.3. The Morgan fingerprint density at radius 3 is 2.77 bits per heavy atom. The van der Waals surface area contributed by atoms with Crippen molar-refractivity contribution in [2.45, 2.75) is 43.3 Å². The average molecular weight is 452 g/mol. The molecule has 160 valence electrons. The van der Waals surface area contributed by atoms with Gasteiger partial charge in [-0.05, 0) is 37.5 Å². The number of hydrogen-bond acceptors (Lipinski definition) is 5. The molecular formula is C24H25N3O2S2. The molecule has 1 N–H and O–H groups in total. The lowest BCUT2D eigenvalue weighted by Gasteiger charge is -2.14. The van der Waals surface area contributed by atoms with Crippen molar-refractivity contribution >= 4 is 35.1 Å². The second-order valence-corrected chi connectivity index (χ2v) is 9.66. The van der Waals surface area contributed by atoms with Crippen molar-refractivity contribution in [1.29, 1.82) is 0 Å². The molecule has 2 heterocycles. The van der Waals surface area contributed by atoms with E-state index in [0.717, 1.165) is 46.0 Å². The van der Waals surface area contributed by atoms with E-state index >= 15 is 0 Å². The quantitative estimate of drug-likeness (QED) is 0.424. The highest BCUT2D eigenvalue weighted by atomic mass is 32.2. The van der Waals surface area contributed by atoms with Crippen molar-refractivity contribution in [3.8, 4) is 0 Å². The fraction of sp³-hybridized carbons (Fsp3) is 0.292. The van der Waals surface area contributed by atoms with Crippen LogP contribution in [-0.4, -0.2) is 27.0 Å². The van der Waals surface area contributed by atoms with Crippen LogP contribution in [0.4, 0.5) is 5.69 Å². The molecule has 0 aliphatic carbocycles. The Balaban J connectivity index is 1.50. The van der Waals surface area contributed by atoms with Crippen LogP contribution in [0.1, 0.15) is 22.4 Å². The van der Waals surface area contributed by atoms with Crippen molar-refractivity contribution in [2.75, 3.05) is 16.8 Å². The molecule has 1 aliphatic rings. The Bertz CT molecular complexity index is 1160. The summed E-state index contributed by atoms with van der Waals surface area (Å²) in [5.41, 5.74) is 5.06. The number of aromatic nitrogens is 2. The number of amides is 1. The molecule has 5 nitrogen and oxygen atoms in total. The third-order valence-corrected chi connectivity index (χ3v) is 7.29. The standard InChI is InChI=1S/C24H25N3O2S2/c1-16-8-9-19(17(2)14-16)25-21(28)15-31-24-26-20-11-13-30-22(20)23(29)27(24)12-10-18-6-4-3-5-7-18/h3-9,14H,10-13,15H2,1-2H3,(H,25,28). The Morgan fingerprint density at radius 1 is 1.19 bits per heavy atom. The molecule has 0 fully saturated rings. The first kappa shape index (κ1) is 21.7. The summed E-state index contributed by atoms with van der Waals surface area (Å²) < 4.78 is 1.74. The topological polar surface area (TPSA) is 64.0 Å². The van der Waals surface area contributed by atoms with Crippen LogP contribution in [-0.2, 0) is 24.2 Å². The molecule has 1 aromatic heterocycles. The van der Waals surface area contributed by atoms with E-state index in [2.05, 4.69) is 17.4 Å². The van der Waals surface area contributed by atoms with Crippen LogP contribution in [0.5, 0.6) is 0 Å². The SMILES string of the molecule is Cc1ccc(NC(=O)CSc2nc3c(c(=O)n2CCc2ccccc2)SCC3)c(C)c1. The molecule has 2 aromatic carbocycles. The maximum atomic E-state index is 13.1. The summed E-state index contributed by atoms with van der Waals surface area (Å²) in [5, 5.41) is 3.60. The summed E-state index contributed by atoms with van der Waals surface area (Å²) in [5.74, 6) is 0.991. The lowest BCUT2D eigenvalue weighted by Crippen LogP contribution is -2.27. The van der Waals surface area contributed by atoms with Gasteiger partial charge in [-0.2, -0.15) is 0 Å². The minimum absolute atomic E-state index is 0.0146. The molecule has 31 heavy (non-hydrogen) atoms. The number of benzene rings is 2. The highest BCUT2D eigenvalue weighted by Gasteiger charge is 2.22. The van der Waals surface area contributed by atoms with Crippen LogP contribution in [0.2, 0.25) is 0 Å². The van der Waals surface area contributed by atoms with Crippen molar-refractivity contribution in [2.24, 2.45) is 0 Å². The number of rotatable bonds is 7. The van der Waals surface area contributed by atoms with E-state index in [4.69, 9.17) is 4.98 Å². The number of nitrogens with one attached hydrogen (secondary N) is 1. The number of nitrogens with zero attached hydrogens (tertiary/aromatic N) is 2. The number of fused-ring (bicyclic) bond motifs is 1. The van der Waals surface area contributed by atoms with Gasteiger partial charge in [-0.1, -0.05) is 59.8 Å². The molecule has 0 saturated heterocycles. The van der Waals surface area contributed by atoms with Crippen molar-refractivity contribution < 1.29 is 4.79 Å². The molecule has 0 unspecified atom stereocenters. The van der Waals surface area contributed by atoms with Gasteiger partial charge >= 0.3 is 0 Å². The Morgan fingerprint density at radius 2 is 2.00 bits per heavy atom. The number of hydrogen-bond donors (Lipinski definition) is 1. The third kappa shape index (κ3) is 5.22. The van der Waals surface area contributed by atoms with Gasteiger partial charge in [0.15, 0.2) is 5.16 Å². The summed E-state index contributed by atoms with van der Waals surface area (Å²) >= 11 is 2.91. The molecule has 0 radical (unpaired) electrons. The fourth-order valence-electron chi connectivity index (χ4n) is 3.59. The molecular weight excluding hydrogens is 426 g/mol. The van der Waals surface area contributed by atoms with E-state index in [0.29, 0.717) is 11.7 Å². The highest BCUT2D eigenvalue weighted by Crippen LogP contribution is 2.29. The predicted octanol–water partition coefficient (Wildman–Crippen LogP) is 4.48. The van der Waals surface area contributed by atoms with Gasteiger partial charge in [0.2, 0.25) is 5.91 Å². The summed E-state index contributed by atoms with van der Waals surface area (Å²) in [6.45, 7) is 4.56. The van der Waals surface area contributed by atoms with E-state index in [1.807, 2.05) is 50.2 Å². The normalized spacial score (nSPS) is 12.6. The maximum absolute atomic E-state index is 13.1. The van der Waals surface area contributed by atoms with E-state index < -0.39 is 0 Å². The average Bonchev–Trinajstić information content (AvgIpc) is 3.23. The predicted molar refractivity (Wildman–Crippen MR) is 128 cm³/mol. The second-order valence-electron chi connectivity index (χ2n) is 7.62. The van der Waals surface area contributed by atoms with E-state index in [1.54, 1.807) is 16.3 Å². The maximum Gasteiger partial charge on any atom is 0.268 e. The zero-order valence-corrected chi connectivity index (χ0v) is 19.3. The van der Waals surface area contributed by atoms with Crippen LogP contribution in [0.3, 0.4) is 0 Å². The van der Waals surface area contributed by atoms with Gasteiger partial charge in [0.25, 0.3) is 5.56 Å². The molecule has 4 rings (SSSR count). The lowest BCUT2D eigenvalue weighted by molar-refractivity contribution is -0.113. The Kier molecular flexibility index (Phi) is 6.83. The van der Waals surface area contributed by atoms with Crippen LogP contribution in [0.25, 0.3) is 0 Å². The van der Waals surface area contributed by atoms with Crippen LogP contribution in [0, 0.1) is 13.8 Å². The first-order valence-corrected chi connectivity index (χ1v) is 12.3. The van der Waals surface area contributed by atoms with Crippen molar-refractivity contribution in [3.05, 3.63) is 81.3 Å². The Hall–Kier alpha value is -2.51. The number of aryl methyl sites for hydroxylation is 4. The monoisotopic (exact) mass is 451 g/mol. The van der Waals surface area contributed by atoms with E-state index in [9.17, 15) is 9.59 Å². The fourth-order valence-corrected chi connectivity index (χ4v) is 5.47. The van der Waals surface area contributed by atoms with Crippen LogP contribution in [0.15, 0.2) is 63.4 Å². The lowest BCUT2D eigenvalue weighted by atomic mass is 10.1. The highest BCUT2D eigenvalue weighted by molar-refractivity contribution is 8.00. The van der Waals surface area contributed by atoms with Gasteiger partial charge in [0, 0.05) is 24.4 Å². The zero-order chi connectivity index (χ0) is 21.8. The third-order valence-electron chi connectivity index (χ3n) is 5.20. The first-order chi connectivity index (χ1) is 15.0. The number of anilines is 1. The minimum Gasteiger partial charge on any atom is -0.325 e. The summed E-state index contributed by atoms with van der Waals surface area (Å²) in [6, 6.07) is 16.1. The molecule has 1 amide bonds. The van der Waals surface area contributed by atoms with Gasteiger partial charge < -0.3 is 5.32 Å².